The van der Waals surface area contributed by atoms with Crippen molar-refractivity contribution in [3.63, 3.8) is 0 Å². The fourth-order valence-corrected chi connectivity index (χ4v) is 5.22. The number of hydrogen-bond donors (Lipinski definition) is 1. The second-order valence-corrected chi connectivity index (χ2v) is 10.0. The molecule has 0 saturated heterocycles. The van der Waals surface area contributed by atoms with Gasteiger partial charge in [-0.25, -0.2) is 4.98 Å². The van der Waals surface area contributed by atoms with Gasteiger partial charge in [-0.1, -0.05) is 24.3 Å². The Hall–Kier alpha value is -3.04. The average molecular weight is 579 g/mol. The number of nitrogens with one attached hydrogen (secondary N) is 1. The highest BCUT2D eigenvalue weighted by molar-refractivity contribution is 14.1. The number of thioether (sulfide) groups is 1. The third kappa shape index (κ3) is 4.63. The molecule has 1 aliphatic heterocycles. The van der Waals surface area contributed by atoms with Crippen LogP contribution in [0.4, 0.5) is 11.4 Å². The Balaban J connectivity index is 1.54. The van der Waals surface area contributed by atoms with E-state index in [4.69, 9.17) is 4.74 Å². The summed E-state index contributed by atoms with van der Waals surface area (Å²) >= 11 is 3.93. The standard InChI is InChI=1S/C27H22IN3O2S/c1-33-24-14-9-18(16-19(24)17-34-25-8-4-5-15-29-25)26-30-23-7-3-2-6-22(23)27(32)31(26)21-12-10-20(28)11-13-21/h2-16,26,30H,17H2,1H3. The van der Waals surface area contributed by atoms with Crippen molar-refractivity contribution < 1.29 is 9.53 Å². The summed E-state index contributed by atoms with van der Waals surface area (Å²) < 4.78 is 6.76. The molecular formula is C27H22IN3O2S. The lowest BCUT2D eigenvalue weighted by Gasteiger charge is -2.38. The van der Waals surface area contributed by atoms with Crippen LogP contribution in [0, 0.1) is 3.57 Å². The molecule has 0 radical (unpaired) electrons. The first kappa shape index (κ1) is 22.7. The van der Waals surface area contributed by atoms with Crippen LogP contribution in [-0.4, -0.2) is 18.0 Å². The zero-order chi connectivity index (χ0) is 23.5. The van der Waals surface area contributed by atoms with Crippen molar-refractivity contribution in [1.29, 1.82) is 0 Å². The molecule has 1 aromatic heterocycles. The molecular weight excluding hydrogens is 557 g/mol. The predicted octanol–water partition coefficient (Wildman–Crippen LogP) is 6.76. The van der Waals surface area contributed by atoms with Gasteiger partial charge in [0, 0.05) is 32.5 Å². The van der Waals surface area contributed by atoms with E-state index in [2.05, 4.69) is 39.0 Å². The van der Waals surface area contributed by atoms with Gasteiger partial charge in [0.2, 0.25) is 0 Å². The quantitative estimate of drug-likeness (QED) is 0.202. The molecule has 170 valence electrons. The molecule has 0 bridgehead atoms. The Bertz CT molecular complexity index is 1320. The molecule has 2 heterocycles. The molecule has 1 unspecified atom stereocenters. The Morgan fingerprint density at radius 3 is 2.59 bits per heavy atom. The van der Waals surface area contributed by atoms with Crippen LogP contribution in [0.1, 0.15) is 27.7 Å². The van der Waals surface area contributed by atoms with E-state index in [1.807, 2.05) is 83.8 Å². The maximum absolute atomic E-state index is 13.7. The van der Waals surface area contributed by atoms with Crippen LogP contribution in [0.15, 0.2) is 96.2 Å². The van der Waals surface area contributed by atoms with Crippen molar-refractivity contribution in [3.8, 4) is 5.75 Å². The molecule has 5 nitrogen and oxygen atoms in total. The van der Waals surface area contributed by atoms with E-state index in [0.29, 0.717) is 11.3 Å². The van der Waals surface area contributed by atoms with Crippen molar-refractivity contribution in [2.45, 2.75) is 16.9 Å². The van der Waals surface area contributed by atoms with E-state index < -0.39 is 0 Å². The monoisotopic (exact) mass is 579 g/mol. The zero-order valence-corrected chi connectivity index (χ0v) is 21.4. The number of methoxy groups -OCH3 is 1. The van der Waals surface area contributed by atoms with Gasteiger partial charge in [-0.2, -0.15) is 0 Å². The summed E-state index contributed by atoms with van der Waals surface area (Å²) in [5, 5.41) is 4.54. The van der Waals surface area contributed by atoms with E-state index in [1.54, 1.807) is 25.1 Å². The number of rotatable bonds is 6. The van der Waals surface area contributed by atoms with Gasteiger partial charge < -0.3 is 10.1 Å². The molecule has 1 aliphatic rings. The van der Waals surface area contributed by atoms with Crippen molar-refractivity contribution >= 4 is 51.6 Å². The number of halogens is 1. The summed E-state index contributed by atoms with van der Waals surface area (Å²) in [5.41, 5.74) is 4.37. The van der Waals surface area contributed by atoms with Crippen LogP contribution < -0.4 is 15.0 Å². The first-order chi connectivity index (χ1) is 16.6. The van der Waals surface area contributed by atoms with Gasteiger partial charge in [0.15, 0.2) is 0 Å². The fraction of sp³-hybridized carbons (Fsp3) is 0.111. The number of aromatic nitrogens is 1. The molecule has 5 rings (SSSR count). The third-order valence-electron chi connectivity index (χ3n) is 5.66. The van der Waals surface area contributed by atoms with Crippen LogP contribution in [0.2, 0.25) is 0 Å². The minimum absolute atomic E-state index is 0.0270. The molecule has 7 heteroatoms. The lowest BCUT2D eigenvalue weighted by Crippen LogP contribution is -2.43. The highest BCUT2D eigenvalue weighted by Gasteiger charge is 2.34. The lowest BCUT2D eigenvalue weighted by molar-refractivity contribution is 0.0975. The first-order valence-corrected chi connectivity index (χ1v) is 12.9. The number of benzene rings is 3. The molecule has 0 aliphatic carbocycles. The van der Waals surface area contributed by atoms with Gasteiger partial charge in [-0.3, -0.25) is 9.69 Å². The number of carbonyl (C=O) groups is 1. The summed E-state index contributed by atoms with van der Waals surface area (Å²) in [6.45, 7) is 0. The fourth-order valence-electron chi connectivity index (χ4n) is 4.02. The summed E-state index contributed by atoms with van der Waals surface area (Å²) in [6, 6.07) is 27.7. The molecule has 4 aromatic rings. The van der Waals surface area contributed by atoms with Gasteiger partial charge in [0.05, 0.1) is 17.7 Å². The molecule has 1 amide bonds. The SMILES string of the molecule is COc1ccc(C2Nc3ccccc3C(=O)N2c2ccc(I)cc2)cc1CSc1ccccn1. The highest BCUT2D eigenvalue weighted by atomic mass is 127. The maximum atomic E-state index is 13.7. The van der Waals surface area contributed by atoms with Gasteiger partial charge in [0.25, 0.3) is 5.91 Å². The van der Waals surface area contributed by atoms with E-state index in [1.165, 1.54) is 0 Å². The van der Waals surface area contributed by atoms with Gasteiger partial charge in [-0.15, -0.1) is 11.8 Å². The topological polar surface area (TPSA) is 54.5 Å². The van der Waals surface area contributed by atoms with Crippen LogP contribution in [-0.2, 0) is 5.75 Å². The molecule has 0 fully saturated rings. The highest BCUT2D eigenvalue weighted by Crippen LogP contribution is 2.38. The maximum Gasteiger partial charge on any atom is 0.262 e. The van der Waals surface area contributed by atoms with Crippen LogP contribution in [0.25, 0.3) is 0 Å². The molecule has 0 saturated carbocycles. The van der Waals surface area contributed by atoms with E-state index in [-0.39, 0.29) is 12.1 Å². The van der Waals surface area contributed by atoms with Crippen molar-refractivity contribution in [2.75, 3.05) is 17.3 Å². The van der Waals surface area contributed by atoms with Gasteiger partial charge in [-0.05, 0) is 88.8 Å². The molecule has 0 spiro atoms. The number of nitrogens with zero attached hydrogens (tertiary/aromatic N) is 2. The number of ether oxygens (including phenoxy) is 1. The number of carbonyl (C=O) groups excluding carboxylic acids is 1. The molecule has 1 atom stereocenters. The number of para-hydroxylation sites is 1. The Labute approximate surface area is 216 Å². The van der Waals surface area contributed by atoms with Crippen molar-refractivity contribution in [2.24, 2.45) is 0 Å². The smallest absolute Gasteiger partial charge is 0.262 e. The summed E-state index contributed by atoms with van der Waals surface area (Å²) in [7, 11) is 1.68. The second kappa shape index (κ2) is 10.1. The molecule has 34 heavy (non-hydrogen) atoms. The average Bonchev–Trinajstić information content (AvgIpc) is 2.88. The summed E-state index contributed by atoms with van der Waals surface area (Å²) in [4.78, 5) is 19.9. The Morgan fingerprint density at radius 2 is 1.82 bits per heavy atom. The largest absolute Gasteiger partial charge is 0.496 e. The first-order valence-electron chi connectivity index (χ1n) is 10.8. The van der Waals surface area contributed by atoms with Crippen molar-refractivity contribution in [3.05, 3.63) is 111 Å². The normalized spacial score (nSPS) is 14.9. The second-order valence-electron chi connectivity index (χ2n) is 7.77. The summed E-state index contributed by atoms with van der Waals surface area (Å²) in [6.07, 6.45) is 1.44. The number of pyridine rings is 1. The minimum atomic E-state index is -0.355. The third-order valence-corrected chi connectivity index (χ3v) is 7.38. The summed E-state index contributed by atoms with van der Waals surface area (Å²) in [5.74, 6) is 1.49. The molecule has 3 aromatic carbocycles. The van der Waals surface area contributed by atoms with E-state index in [0.717, 1.165) is 36.8 Å². The van der Waals surface area contributed by atoms with Crippen LogP contribution in [0.3, 0.4) is 0 Å². The van der Waals surface area contributed by atoms with Gasteiger partial charge >= 0.3 is 0 Å². The van der Waals surface area contributed by atoms with E-state index >= 15 is 0 Å². The molecule has 1 N–H and O–H groups in total. The van der Waals surface area contributed by atoms with E-state index in [9.17, 15) is 4.79 Å². The minimum Gasteiger partial charge on any atom is -0.496 e. The predicted molar refractivity (Wildman–Crippen MR) is 146 cm³/mol. The zero-order valence-electron chi connectivity index (χ0n) is 18.4. The number of anilines is 2. The van der Waals surface area contributed by atoms with Crippen LogP contribution >= 0.6 is 34.4 Å². The van der Waals surface area contributed by atoms with Gasteiger partial charge in [0.1, 0.15) is 11.9 Å². The number of fused-ring (bicyclic) bond motifs is 1. The number of hydrogen-bond acceptors (Lipinski definition) is 5. The van der Waals surface area contributed by atoms with Crippen LogP contribution in [0.5, 0.6) is 5.75 Å². The number of amides is 1. The Kier molecular flexibility index (Phi) is 6.73. The Morgan fingerprint density at radius 1 is 1.03 bits per heavy atom. The lowest BCUT2D eigenvalue weighted by atomic mass is 10.0. The van der Waals surface area contributed by atoms with Crippen molar-refractivity contribution in [1.82, 2.24) is 4.98 Å².